The van der Waals surface area contributed by atoms with Crippen LogP contribution in [0.2, 0.25) is 0 Å². The van der Waals surface area contributed by atoms with E-state index < -0.39 is 13.3 Å². The summed E-state index contributed by atoms with van der Waals surface area (Å²) in [6.45, 7) is 4.44. The predicted octanol–water partition coefficient (Wildman–Crippen LogP) is 5.04. The predicted molar refractivity (Wildman–Crippen MR) is 101 cm³/mol. The van der Waals surface area contributed by atoms with Gasteiger partial charge in [-0.05, 0) is 72.3 Å². The molecule has 2 atom stereocenters. The van der Waals surface area contributed by atoms with E-state index in [0.29, 0.717) is 17.7 Å². The smallest absolute Gasteiger partial charge is 0.123 e. The second kappa shape index (κ2) is 8.89. The van der Waals surface area contributed by atoms with E-state index in [4.69, 9.17) is 4.74 Å². The number of halogens is 3. The fraction of sp³-hybridized carbons (Fsp3) is 0.455. The summed E-state index contributed by atoms with van der Waals surface area (Å²) in [6, 6.07) is 8.19. The molecule has 3 rings (SSSR count). The lowest BCUT2D eigenvalue weighted by Crippen LogP contribution is -2.40. The lowest BCUT2D eigenvalue weighted by atomic mass is 9.86. The molecular weight excluding hydrogens is 351 g/mol. The van der Waals surface area contributed by atoms with E-state index in [1.54, 1.807) is 18.2 Å². The fourth-order valence-electron chi connectivity index (χ4n) is 3.87. The van der Waals surface area contributed by atoms with Gasteiger partial charge in [-0.3, -0.25) is 0 Å². The topological polar surface area (TPSA) is 21.3 Å². The highest BCUT2D eigenvalue weighted by atomic mass is 19.1. The summed E-state index contributed by atoms with van der Waals surface area (Å²) in [5.74, 6) is -0.125. The summed E-state index contributed by atoms with van der Waals surface area (Å²) in [7, 11) is 0. The van der Waals surface area contributed by atoms with Crippen molar-refractivity contribution in [1.82, 2.24) is 5.32 Å². The van der Waals surface area contributed by atoms with E-state index in [0.717, 1.165) is 41.8 Å². The first-order valence-corrected chi connectivity index (χ1v) is 9.35. The van der Waals surface area contributed by atoms with Crippen molar-refractivity contribution in [2.45, 2.75) is 52.2 Å². The van der Waals surface area contributed by atoms with Gasteiger partial charge in [-0.2, -0.15) is 0 Å². The summed E-state index contributed by atoms with van der Waals surface area (Å²) in [5, 5.41) is 3.38. The van der Waals surface area contributed by atoms with Gasteiger partial charge in [0.25, 0.3) is 0 Å². The molecule has 1 N–H and O–H groups in total. The first kappa shape index (κ1) is 19.9. The largest absolute Gasteiger partial charge is 0.373 e. The van der Waals surface area contributed by atoms with Gasteiger partial charge in [0, 0.05) is 12.5 Å². The van der Waals surface area contributed by atoms with Crippen LogP contribution in [-0.2, 0) is 24.7 Å². The Balaban J connectivity index is 1.79. The number of piperidine rings is 1. The minimum absolute atomic E-state index is 0.0299. The third-order valence-electron chi connectivity index (χ3n) is 5.48. The minimum atomic E-state index is -0.620. The van der Waals surface area contributed by atoms with Crippen LogP contribution in [0.5, 0.6) is 0 Å². The van der Waals surface area contributed by atoms with Gasteiger partial charge in [0.05, 0.1) is 12.7 Å². The molecule has 0 saturated carbocycles. The van der Waals surface area contributed by atoms with Crippen molar-refractivity contribution in [1.29, 1.82) is 0 Å². The molecule has 2 aromatic carbocycles. The van der Waals surface area contributed by atoms with Crippen molar-refractivity contribution in [3.05, 3.63) is 69.5 Å². The Bertz CT molecular complexity index is 793. The highest BCUT2D eigenvalue weighted by Gasteiger charge is 2.28. The van der Waals surface area contributed by atoms with Crippen LogP contribution in [0.3, 0.4) is 0 Å². The van der Waals surface area contributed by atoms with E-state index in [1.807, 2.05) is 19.9 Å². The van der Waals surface area contributed by atoms with E-state index in [1.165, 1.54) is 6.07 Å². The van der Waals surface area contributed by atoms with Crippen LogP contribution in [0.15, 0.2) is 30.3 Å². The Morgan fingerprint density at radius 1 is 1.07 bits per heavy atom. The van der Waals surface area contributed by atoms with Gasteiger partial charge in [0.1, 0.15) is 19.2 Å². The highest BCUT2D eigenvalue weighted by molar-refractivity contribution is 5.38. The molecule has 2 aromatic rings. The molecule has 146 valence electrons. The lowest BCUT2D eigenvalue weighted by Gasteiger charge is -2.33. The second-order valence-electron chi connectivity index (χ2n) is 7.26. The van der Waals surface area contributed by atoms with E-state index in [-0.39, 0.29) is 17.8 Å². The van der Waals surface area contributed by atoms with Crippen LogP contribution >= 0.6 is 0 Å². The first-order chi connectivity index (χ1) is 13.0. The molecule has 0 amide bonds. The summed E-state index contributed by atoms with van der Waals surface area (Å²) in [4.78, 5) is 0. The monoisotopic (exact) mass is 377 g/mol. The average Bonchev–Trinajstić information content (AvgIpc) is 2.67. The number of rotatable bonds is 6. The van der Waals surface area contributed by atoms with Crippen LogP contribution in [0, 0.1) is 19.7 Å². The lowest BCUT2D eigenvalue weighted by molar-refractivity contribution is 0.00649. The maximum absolute atomic E-state index is 13.5. The van der Waals surface area contributed by atoms with Crippen LogP contribution in [0.1, 0.15) is 45.7 Å². The van der Waals surface area contributed by atoms with Gasteiger partial charge in [-0.1, -0.05) is 18.2 Å². The summed E-state index contributed by atoms with van der Waals surface area (Å²) in [5.41, 5.74) is 4.62. The average molecular weight is 377 g/mol. The van der Waals surface area contributed by atoms with Crippen molar-refractivity contribution in [3.63, 3.8) is 0 Å². The molecule has 0 bridgehead atoms. The number of ether oxygens (including phenoxy) is 1. The van der Waals surface area contributed by atoms with Crippen molar-refractivity contribution in [2.75, 3.05) is 13.1 Å². The van der Waals surface area contributed by atoms with Crippen molar-refractivity contribution < 1.29 is 17.9 Å². The molecule has 2 unspecified atom stereocenters. The molecule has 0 aromatic heterocycles. The third kappa shape index (κ3) is 4.53. The molecule has 2 nitrogen and oxygen atoms in total. The normalized spacial score (nSPS) is 20.0. The number of hydrogen-bond donors (Lipinski definition) is 1. The van der Waals surface area contributed by atoms with Crippen LogP contribution < -0.4 is 5.32 Å². The number of aryl methyl sites for hydroxylation is 1. The number of alkyl halides is 2. The van der Waals surface area contributed by atoms with Crippen LogP contribution in [0.25, 0.3) is 0 Å². The van der Waals surface area contributed by atoms with Gasteiger partial charge in [0.2, 0.25) is 0 Å². The molecule has 27 heavy (non-hydrogen) atoms. The van der Waals surface area contributed by atoms with Gasteiger partial charge >= 0.3 is 0 Å². The molecule has 1 fully saturated rings. The highest BCUT2D eigenvalue weighted by Crippen LogP contribution is 2.30. The van der Waals surface area contributed by atoms with Crippen molar-refractivity contribution in [2.24, 2.45) is 0 Å². The van der Waals surface area contributed by atoms with E-state index in [9.17, 15) is 13.2 Å². The molecule has 0 spiro atoms. The first-order valence-electron chi connectivity index (χ1n) is 9.35. The van der Waals surface area contributed by atoms with Gasteiger partial charge in [-0.25, -0.2) is 13.2 Å². The Hall–Kier alpha value is -1.85. The standard InChI is InChI=1S/C22H26F3NO/c1-14-7-19(25)3-4-20(14)21-12-26-6-5-22(21)27-13-18-9-16(10-23)8-17(11-24)15(18)2/h3-4,7-9,21-22,26H,5-6,10-13H2,1-2H3. The van der Waals surface area contributed by atoms with Gasteiger partial charge in [0.15, 0.2) is 0 Å². The number of benzene rings is 2. The molecule has 5 heteroatoms. The molecule has 1 aliphatic heterocycles. The third-order valence-corrected chi connectivity index (χ3v) is 5.48. The Morgan fingerprint density at radius 2 is 1.85 bits per heavy atom. The zero-order valence-corrected chi connectivity index (χ0v) is 15.8. The maximum Gasteiger partial charge on any atom is 0.123 e. The second-order valence-corrected chi connectivity index (χ2v) is 7.26. The number of nitrogens with one attached hydrogen (secondary N) is 1. The zero-order valence-electron chi connectivity index (χ0n) is 15.8. The van der Waals surface area contributed by atoms with Crippen molar-refractivity contribution >= 4 is 0 Å². The molecule has 0 aliphatic carbocycles. The Labute approximate surface area is 158 Å². The number of hydrogen-bond acceptors (Lipinski definition) is 2. The van der Waals surface area contributed by atoms with Crippen LogP contribution in [0.4, 0.5) is 13.2 Å². The summed E-state index contributed by atoms with van der Waals surface area (Å²) >= 11 is 0. The van der Waals surface area contributed by atoms with E-state index in [2.05, 4.69) is 5.32 Å². The quantitative estimate of drug-likeness (QED) is 0.761. The Kier molecular flexibility index (Phi) is 6.55. The van der Waals surface area contributed by atoms with Crippen molar-refractivity contribution in [3.8, 4) is 0 Å². The maximum atomic E-state index is 13.5. The van der Waals surface area contributed by atoms with Crippen LogP contribution in [-0.4, -0.2) is 19.2 Å². The van der Waals surface area contributed by atoms with E-state index >= 15 is 0 Å². The molecule has 0 radical (unpaired) electrons. The van der Waals surface area contributed by atoms with Gasteiger partial charge < -0.3 is 10.1 Å². The molecule has 1 saturated heterocycles. The Morgan fingerprint density at radius 3 is 2.56 bits per heavy atom. The van der Waals surface area contributed by atoms with Gasteiger partial charge in [-0.15, -0.1) is 0 Å². The zero-order chi connectivity index (χ0) is 19.4. The summed E-state index contributed by atoms with van der Waals surface area (Å²) in [6.07, 6.45) is 0.803. The summed E-state index contributed by atoms with van der Waals surface area (Å²) < 4.78 is 46.0. The molecular formula is C22H26F3NO. The minimum Gasteiger partial charge on any atom is -0.373 e. The fourth-order valence-corrected chi connectivity index (χ4v) is 3.87. The SMILES string of the molecule is Cc1cc(F)ccc1C1CNCCC1OCc1cc(CF)cc(CF)c1C. The molecule has 1 heterocycles. The molecule has 1 aliphatic rings.